The van der Waals surface area contributed by atoms with Gasteiger partial charge in [-0.2, -0.15) is 0 Å². The summed E-state index contributed by atoms with van der Waals surface area (Å²) >= 11 is 6.62. The lowest BCUT2D eigenvalue weighted by atomic mass is 9.71. The van der Waals surface area contributed by atoms with Gasteiger partial charge in [-0.25, -0.2) is 4.79 Å². The Morgan fingerprint density at radius 3 is 2.62 bits per heavy atom. The molecule has 0 aliphatic carbocycles. The van der Waals surface area contributed by atoms with Crippen molar-refractivity contribution in [2.45, 2.75) is 45.8 Å². The molecular formula is C30H38ClN2O6+. The summed E-state index contributed by atoms with van der Waals surface area (Å²) in [6, 6.07) is 11.4. The average Bonchev–Trinajstić information content (AvgIpc) is 3.04. The topological polar surface area (TPSA) is 94.1 Å². The molecule has 39 heavy (non-hydrogen) atoms. The van der Waals surface area contributed by atoms with Crippen LogP contribution in [-0.2, 0) is 14.3 Å². The van der Waals surface area contributed by atoms with Gasteiger partial charge in [0.05, 0.1) is 19.1 Å². The van der Waals surface area contributed by atoms with Gasteiger partial charge in [0.1, 0.15) is 37.3 Å². The third-order valence-electron chi connectivity index (χ3n) is 8.35. The first-order valence-electron chi connectivity index (χ1n) is 13.6. The Bertz CT molecular complexity index is 1280. The second kappa shape index (κ2) is 10.4. The quantitative estimate of drug-likeness (QED) is 0.519. The molecule has 0 saturated carbocycles. The molecule has 5 rings (SSSR count). The zero-order valence-corrected chi connectivity index (χ0v) is 23.8. The molecule has 2 N–H and O–H groups in total. The van der Waals surface area contributed by atoms with E-state index in [9.17, 15) is 14.7 Å². The smallest absolute Gasteiger partial charge is 0.367 e. The standard InChI is InChI=1S/C30H37ClN2O6/c1-19(34)23-17-32-11-10-30(23,28(35)36)33(18-29(2,3)4)12-13-38-26(22-16-20(31)8-9-24(22)33)21-6-5-7-25-27(21)39-15-14-37-25/h5-9,16,23,26,32H,10-15,17-18H2,1-4H3/p+1/t23-,26?,30+,33+/m1/s1. The van der Waals surface area contributed by atoms with Gasteiger partial charge in [-0.15, -0.1) is 0 Å². The van der Waals surface area contributed by atoms with Crippen LogP contribution in [0.15, 0.2) is 36.4 Å². The van der Waals surface area contributed by atoms with Gasteiger partial charge in [-0.1, -0.05) is 44.5 Å². The van der Waals surface area contributed by atoms with Crippen LogP contribution in [0.4, 0.5) is 5.69 Å². The van der Waals surface area contributed by atoms with Crippen molar-refractivity contribution in [1.82, 2.24) is 9.80 Å². The fourth-order valence-corrected chi connectivity index (χ4v) is 7.23. The van der Waals surface area contributed by atoms with E-state index in [-0.39, 0.29) is 22.3 Å². The fraction of sp³-hybridized carbons (Fsp3) is 0.533. The van der Waals surface area contributed by atoms with Crippen molar-refractivity contribution < 1.29 is 28.9 Å². The molecule has 4 atom stereocenters. The molecule has 1 saturated heterocycles. The van der Waals surface area contributed by atoms with Gasteiger partial charge >= 0.3 is 5.97 Å². The number of quaternary nitrogens is 1. The number of Topliss-reactive ketones (excluding diaryl/α,β-unsaturated/α-hetero) is 1. The summed E-state index contributed by atoms with van der Waals surface area (Å²) < 4.78 is 18.6. The van der Waals surface area contributed by atoms with E-state index in [0.29, 0.717) is 62.3 Å². The lowest BCUT2D eigenvalue weighted by molar-refractivity contribution is -0.162. The number of benzene rings is 2. The van der Waals surface area contributed by atoms with E-state index in [1.165, 1.54) is 6.92 Å². The number of hydrogen-bond acceptors (Lipinski definition) is 6. The number of nitrogens with zero attached hydrogens (tertiary/aromatic N) is 1. The van der Waals surface area contributed by atoms with Gasteiger partial charge in [-0.05, 0) is 25.1 Å². The molecule has 2 aromatic rings. The molecule has 1 unspecified atom stereocenters. The predicted octanol–water partition coefficient (Wildman–Crippen LogP) is 4.61. The second-order valence-corrected chi connectivity index (χ2v) is 12.5. The number of carboxylic acids is 1. The van der Waals surface area contributed by atoms with Gasteiger partial charge in [-0.3, -0.25) is 9.28 Å². The van der Waals surface area contributed by atoms with Gasteiger partial charge < -0.3 is 24.6 Å². The summed E-state index contributed by atoms with van der Waals surface area (Å²) in [5.74, 6) is -0.514. The van der Waals surface area contributed by atoms with Crippen LogP contribution in [0.2, 0.25) is 5.02 Å². The zero-order valence-electron chi connectivity index (χ0n) is 23.1. The minimum Gasteiger partial charge on any atom is -0.486 e. The highest BCUT2D eigenvalue weighted by Crippen LogP contribution is 2.52. The van der Waals surface area contributed by atoms with E-state index >= 15 is 0 Å². The number of ketones is 1. The van der Waals surface area contributed by atoms with Crippen LogP contribution in [0.1, 0.15) is 51.3 Å². The van der Waals surface area contributed by atoms with Gasteiger partial charge in [0, 0.05) is 47.1 Å². The second-order valence-electron chi connectivity index (χ2n) is 12.1. The molecule has 2 aromatic carbocycles. The van der Waals surface area contributed by atoms with E-state index in [2.05, 4.69) is 26.1 Å². The first-order valence-corrected chi connectivity index (χ1v) is 14.0. The minimum absolute atomic E-state index is 0.0904. The monoisotopic (exact) mass is 557 g/mol. The Kier molecular flexibility index (Phi) is 7.44. The number of para-hydroxylation sites is 1. The fourth-order valence-electron chi connectivity index (χ4n) is 7.05. The van der Waals surface area contributed by atoms with Crippen molar-refractivity contribution in [3.8, 4) is 11.5 Å². The van der Waals surface area contributed by atoms with Crippen LogP contribution in [-0.4, -0.2) is 68.4 Å². The SMILES string of the molecule is CC(=O)[C@H]1CNCC[C@]1(C(=O)O)[N@+]1(CC(C)(C)C)CCOC(c2cccc3c2OCCO3)c2cc(Cl)ccc21. The molecule has 9 heteroatoms. The first kappa shape index (κ1) is 27.9. The van der Waals surface area contributed by atoms with E-state index in [1.54, 1.807) is 0 Å². The van der Waals surface area contributed by atoms with Crippen LogP contribution in [0.5, 0.6) is 11.5 Å². The third-order valence-corrected chi connectivity index (χ3v) is 8.58. The predicted molar refractivity (Wildman–Crippen MR) is 150 cm³/mol. The van der Waals surface area contributed by atoms with E-state index in [1.807, 2.05) is 36.4 Å². The highest BCUT2D eigenvalue weighted by atomic mass is 35.5. The van der Waals surface area contributed by atoms with Crippen LogP contribution in [0.3, 0.4) is 0 Å². The maximum atomic E-state index is 13.6. The molecule has 8 nitrogen and oxygen atoms in total. The van der Waals surface area contributed by atoms with Crippen molar-refractivity contribution in [3.63, 3.8) is 0 Å². The molecule has 3 aliphatic heterocycles. The number of aliphatic carboxylic acids is 1. The van der Waals surface area contributed by atoms with Crippen LogP contribution < -0.4 is 19.3 Å². The molecule has 0 radical (unpaired) electrons. The third kappa shape index (κ3) is 4.71. The van der Waals surface area contributed by atoms with Crippen LogP contribution in [0.25, 0.3) is 0 Å². The lowest BCUT2D eigenvalue weighted by Crippen LogP contribution is -2.78. The summed E-state index contributed by atoms with van der Waals surface area (Å²) in [5.41, 5.74) is 0.758. The van der Waals surface area contributed by atoms with E-state index in [0.717, 1.165) is 16.8 Å². The molecule has 0 spiro atoms. The van der Waals surface area contributed by atoms with Crippen molar-refractivity contribution in [1.29, 1.82) is 0 Å². The average molecular weight is 558 g/mol. The Morgan fingerprint density at radius 1 is 1.13 bits per heavy atom. The van der Waals surface area contributed by atoms with Gasteiger partial charge in [0.2, 0.25) is 5.54 Å². The van der Waals surface area contributed by atoms with Crippen molar-refractivity contribution >= 4 is 29.0 Å². The molecule has 0 aromatic heterocycles. The van der Waals surface area contributed by atoms with Crippen LogP contribution >= 0.6 is 11.6 Å². The Hall–Kier alpha value is -2.65. The van der Waals surface area contributed by atoms with Crippen molar-refractivity contribution in [2.75, 3.05) is 46.0 Å². The molecule has 210 valence electrons. The number of carboxylic acid groups (broad SMARTS) is 1. The summed E-state index contributed by atoms with van der Waals surface area (Å²) in [4.78, 5) is 26.8. The molecule has 1 fully saturated rings. The maximum absolute atomic E-state index is 13.6. The number of ether oxygens (including phenoxy) is 3. The van der Waals surface area contributed by atoms with E-state index in [4.69, 9.17) is 25.8 Å². The molecular weight excluding hydrogens is 520 g/mol. The number of carbonyl (C=O) groups is 2. The highest BCUT2D eigenvalue weighted by Gasteiger charge is 2.66. The summed E-state index contributed by atoms with van der Waals surface area (Å²) in [6.07, 6.45) is -0.244. The lowest BCUT2D eigenvalue weighted by Gasteiger charge is -2.56. The normalized spacial score (nSPS) is 28.7. The summed E-state index contributed by atoms with van der Waals surface area (Å²) in [5, 5.41) is 14.9. The number of fused-ring (bicyclic) bond motifs is 2. The van der Waals surface area contributed by atoms with Gasteiger partial charge in [0.15, 0.2) is 11.5 Å². The number of nitrogens with one attached hydrogen (secondary N) is 1. The molecule has 0 bridgehead atoms. The highest BCUT2D eigenvalue weighted by molar-refractivity contribution is 6.30. The summed E-state index contributed by atoms with van der Waals surface area (Å²) in [6.45, 7) is 10.8. The number of carbonyl (C=O) groups excluding carboxylic acids is 1. The number of hydrogen-bond donors (Lipinski definition) is 2. The number of piperidine rings is 1. The largest absolute Gasteiger partial charge is 0.486 e. The van der Waals surface area contributed by atoms with Crippen LogP contribution in [0, 0.1) is 11.3 Å². The van der Waals surface area contributed by atoms with Gasteiger partial charge in [0.25, 0.3) is 0 Å². The maximum Gasteiger partial charge on any atom is 0.367 e. The van der Waals surface area contributed by atoms with Crippen molar-refractivity contribution in [3.05, 3.63) is 52.5 Å². The summed E-state index contributed by atoms with van der Waals surface area (Å²) in [7, 11) is 0. The molecule has 3 heterocycles. The number of rotatable bonds is 5. The zero-order chi connectivity index (χ0) is 28.0. The minimum atomic E-state index is -1.39. The Balaban J connectivity index is 1.81. The van der Waals surface area contributed by atoms with E-state index < -0.39 is 23.5 Å². The molecule has 0 amide bonds. The first-order chi connectivity index (χ1) is 18.5. The number of halogens is 1. The molecule has 3 aliphatic rings. The Labute approximate surface area is 234 Å². The Morgan fingerprint density at radius 2 is 1.90 bits per heavy atom. The van der Waals surface area contributed by atoms with Crippen molar-refractivity contribution in [2.24, 2.45) is 11.3 Å².